The van der Waals surface area contributed by atoms with Crippen molar-refractivity contribution in [2.24, 2.45) is 0 Å². The van der Waals surface area contributed by atoms with Crippen LogP contribution in [-0.2, 0) is 9.84 Å². The molecule has 0 heterocycles. The lowest BCUT2D eigenvalue weighted by molar-refractivity contribution is 0.104. The highest BCUT2D eigenvalue weighted by Gasteiger charge is 2.18. The van der Waals surface area contributed by atoms with E-state index in [1.807, 2.05) is 6.07 Å². The first-order valence-corrected chi connectivity index (χ1v) is 9.17. The highest BCUT2D eigenvalue weighted by atomic mass is 32.2. The van der Waals surface area contributed by atoms with Crippen LogP contribution < -0.4 is 0 Å². The number of hydrogen-bond donors (Lipinski definition) is 0. The standard InChI is InChI=1S/C19H12FNO3S/c1-25(23,24)16-8-9-17-13(10-16)2-3-14(11-21)18(17)19(22)12-4-6-15(20)7-5-12/h2-10H,1H3. The largest absolute Gasteiger partial charge is 0.289 e. The zero-order valence-electron chi connectivity index (χ0n) is 13.2. The number of carbonyl (C=O) groups is 1. The van der Waals surface area contributed by atoms with Gasteiger partial charge < -0.3 is 0 Å². The molecule has 0 aliphatic rings. The Morgan fingerprint density at radius 2 is 1.72 bits per heavy atom. The van der Waals surface area contributed by atoms with Crippen LogP contribution in [-0.4, -0.2) is 20.5 Å². The van der Waals surface area contributed by atoms with Gasteiger partial charge in [0.1, 0.15) is 5.82 Å². The highest BCUT2D eigenvalue weighted by molar-refractivity contribution is 7.90. The summed E-state index contributed by atoms with van der Waals surface area (Å²) in [6.07, 6.45) is 1.10. The van der Waals surface area contributed by atoms with Gasteiger partial charge in [-0.1, -0.05) is 12.1 Å². The number of halogens is 1. The van der Waals surface area contributed by atoms with Gasteiger partial charge in [0.05, 0.1) is 16.5 Å². The van der Waals surface area contributed by atoms with Gasteiger partial charge in [-0.15, -0.1) is 0 Å². The molecule has 0 aromatic heterocycles. The topological polar surface area (TPSA) is 75.0 Å². The Bertz CT molecular complexity index is 1140. The van der Waals surface area contributed by atoms with Crippen molar-refractivity contribution in [3.8, 4) is 6.07 Å². The molecule has 0 atom stereocenters. The van der Waals surface area contributed by atoms with Gasteiger partial charge in [0.25, 0.3) is 0 Å². The Hall–Kier alpha value is -3.04. The molecule has 0 spiro atoms. The monoisotopic (exact) mass is 353 g/mol. The number of sulfone groups is 1. The minimum absolute atomic E-state index is 0.130. The molecule has 0 aliphatic heterocycles. The van der Waals surface area contributed by atoms with E-state index < -0.39 is 21.4 Å². The molecule has 3 rings (SSSR count). The number of fused-ring (bicyclic) bond motifs is 1. The van der Waals surface area contributed by atoms with Crippen molar-refractivity contribution < 1.29 is 17.6 Å². The summed E-state index contributed by atoms with van der Waals surface area (Å²) in [7, 11) is -3.39. The number of benzene rings is 3. The van der Waals surface area contributed by atoms with E-state index in [4.69, 9.17) is 0 Å². The average molecular weight is 353 g/mol. The third-order valence-corrected chi connectivity index (χ3v) is 4.98. The van der Waals surface area contributed by atoms with E-state index in [2.05, 4.69) is 0 Å². The lowest BCUT2D eigenvalue weighted by Gasteiger charge is -2.09. The van der Waals surface area contributed by atoms with Gasteiger partial charge in [-0.25, -0.2) is 12.8 Å². The summed E-state index contributed by atoms with van der Waals surface area (Å²) in [6.45, 7) is 0. The summed E-state index contributed by atoms with van der Waals surface area (Å²) >= 11 is 0. The molecule has 0 saturated carbocycles. The van der Waals surface area contributed by atoms with Crippen LogP contribution in [0.5, 0.6) is 0 Å². The van der Waals surface area contributed by atoms with Crippen LogP contribution >= 0.6 is 0 Å². The fraction of sp³-hybridized carbons (Fsp3) is 0.0526. The van der Waals surface area contributed by atoms with E-state index in [0.717, 1.165) is 6.26 Å². The number of carbonyl (C=O) groups excluding carboxylic acids is 1. The van der Waals surface area contributed by atoms with E-state index in [0.29, 0.717) is 10.8 Å². The Morgan fingerprint density at radius 3 is 2.32 bits per heavy atom. The Kier molecular flexibility index (Phi) is 4.11. The first-order chi connectivity index (χ1) is 11.8. The van der Waals surface area contributed by atoms with Crippen LogP contribution in [0.2, 0.25) is 0 Å². The van der Waals surface area contributed by atoms with Crippen LogP contribution in [0.1, 0.15) is 21.5 Å². The first-order valence-electron chi connectivity index (χ1n) is 7.28. The molecule has 0 N–H and O–H groups in total. The molecule has 0 radical (unpaired) electrons. The molecule has 0 amide bonds. The molecular formula is C19H12FNO3S. The number of nitriles is 1. The van der Waals surface area contributed by atoms with Crippen molar-refractivity contribution in [1.82, 2.24) is 0 Å². The lowest BCUT2D eigenvalue weighted by Crippen LogP contribution is -2.06. The quantitative estimate of drug-likeness (QED) is 0.676. The molecule has 3 aromatic rings. The van der Waals surface area contributed by atoms with Crippen LogP contribution in [0, 0.1) is 17.1 Å². The molecule has 3 aromatic carbocycles. The summed E-state index contributed by atoms with van der Waals surface area (Å²) in [4.78, 5) is 13.0. The van der Waals surface area contributed by atoms with E-state index in [9.17, 15) is 22.9 Å². The van der Waals surface area contributed by atoms with Gasteiger partial charge >= 0.3 is 0 Å². The lowest BCUT2D eigenvalue weighted by atomic mass is 9.93. The third kappa shape index (κ3) is 3.14. The van der Waals surface area contributed by atoms with Crippen molar-refractivity contribution in [2.75, 3.05) is 6.26 Å². The first kappa shape index (κ1) is 16.8. The van der Waals surface area contributed by atoms with E-state index in [-0.39, 0.29) is 21.6 Å². The molecule has 0 saturated heterocycles. The van der Waals surface area contributed by atoms with Crippen LogP contribution in [0.15, 0.2) is 59.5 Å². The van der Waals surface area contributed by atoms with Gasteiger partial charge in [0.2, 0.25) is 0 Å². The number of nitrogens with zero attached hydrogens (tertiary/aromatic N) is 1. The van der Waals surface area contributed by atoms with Crippen molar-refractivity contribution in [3.05, 3.63) is 77.1 Å². The van der Waals surface area contributed by atoms with Gasteiger partial charge in [-0.05, 0) is 53.2 Å². The summed E-state index contributed by atoms with van der Waals surface area (Å²) in [5.74, 6) is -0.887. The molecule has 0 aliphatic carbocycles. The van der Waals surface area contributed by atoms with Crippen molar-refractivity contribution in [1.29, 1.82) is 5.26 Å². The van der Waals surface area contributed by atoms with Crippen molar-refractivity contribution in [2.45, 2.75) is 4.90 Å². The molecule has 25 heavy (non-hydrogen) atoms. The summed E-state index contributed by atoms with van der Waals surface area (Å²) in [5, 5.41) is 10.4. The van der Waals surface area contributed by atoms with Crippen LogP contribution in [0.4, 0.5) is 4.39 Å². The second-order valence-corrected chi connectivity index (χ2v) is 7.61. The molecule has 124 valence electrons. The van der Waals surface area contributed by atoms with Crippen LogP contribution in [0.25, 0.3) is 10.8 Å². The summed E-state index contributed by atoms with van der Waals surface area (Å²) in [6, 6.07) is 14.5. The van der Waals surface area contributed by atoms with Crippen molar-refractivity contribution in [3.63, 3.8) is 0 Å². The number of rotatable bonds is 3. The molecule has 6 heteroatoms. The normalized spacial score (nSPS) is 11.2. The minimum Gasteiger partial charge on any atom is -0.289 e. The third-order valence-electron chi connectivity index (χ3n) is 3.87. The average Bonchev–Trinajstić information content (AvgIpc) is 2.59. The number of hydrogen-bond acceptors (Lipinski definition) is 4. The fourth-order valence-corrected chi connectivity index (χ4v) is 3.28. The second kappa shape index (κ2) is 6.11. The van der Waals surface area contributed by atoms with E-state index >= 15 is 0 Å². The maximum Gasteiger partial charge on any atom is 0.194 e. The second-order valence-electron chi connectivity index (χ2n) is 5.59. The SMILES string of the molecule is CS(=O)(=O)c1ccc2c(C(=O)c3ccc(F)cc3)c(C#N)ccc2c1. The van der Waals surface area contributed by atoms with E-state index in [1.165, 1.54) is 48.5 Å². The van der Waals surface area contributed by atoms with Gasteiger partial charge in [0, 0.05) is 17.4 Å². The smallest absolute Gasteiger partial charge is 0.194 e. The van der Waals surface area contributed by atoms with Crippen LogP contribution in [0.3, 0.4) is 0 Å². The maximum absolute atomic E-state index is 13.1. The van der Waals surface area contributed by atoms with Crippen molar-refractivity contribution >= 4 is 26.4 Å². The minimum atomic E-state index is -3.39. The molecular weight excluding hydrogens is 341 g/mol. The Balaban J connectivity index is 2.27. The summed E-state index contributed by atoms with van der Waals surface area (Å²) < 4.78 is 36.5. The van der Waals surface area contributed by atoms with Gasteiger partial charge in [-0.2, -0.15) is 5.26 Å². The van der Waals surface area contributed by atoms with Gasteiger partial charge in [-0.3, -0.25) is 4.79 Å². The number of ketones is 1. The zero-order chi connectivity index (χ0) is 18.2. The maximum atomic E-state index is 13.1. The molecule has 4 nitrogen and oxygen atoms in total. The Morgan fingerprint density at radius 1 is 1.04 bits per heavy atom. The van der Waals surface area contributed by atoms with E-state index in [1.54, 1.807) is 6.07 Å². The van der Waals surface area contributed by atoms with Gasteiger partial charge in [0.15, 0.2) is 15.6 Å². The fourth-order valence-electron chi connectivity index (χ4n) is 2.62. The highest BCUT2D eigenvalue weighted by Crippen LogP contribution is 2.27. The molecule has 0 fully saturated rings. The molecule has 0 bridgehead atoms. The Labute approximate surface area is 144 Å². The predicted molar refractivity (Wildman–Crippen MR) is 91.6 cm³/mol. The predicted octanol–water partition coefficient (Wildman–Crippen LogP) is 3.49. The summed E-state index contributed by atoms with van der Waals surface area (Å²) in [5.41, 5.74) is 0.596. The zero-order valence-corrected chi connectivity index (χ0v) is 14.0. The molecule has 0 unspecified atom stereocenters.